The van der Waals surface area contributed by atoms with Gasteiger partial charge in [-0.25, -0.2) is 18.2 Å². The van der Waals surface area contributed by atoms with Gasteiger partial charge in [-0.15, -0.1) is 0 Å². The molecule has 0 saturated carbocycles. The molecule has 3 aliphatic heterocycles. The van der Waals surface area contributed by atoms with Crippen LogP contribution in [-0.4, -0.2) is 98.9 Å². The monoisotopic (exact) mass is 701 g/mol. The Morgan fingerprint density at radius 1 is 1.08 bits per heavy atom. The number of nitrogens with one attached hydrogen (secondary N) is 3. The minimum absolute atomic E-state index is 0.0134. The summed E-state index contributed by atoms with van der Waals surface area (Å²) in [6, 6.07) is 14.0. The highest BCUT2D eigenvalue weighted by atomic mass is 32.2. The SMILES string of the molecule is CC(C)CN(C[C@@H](O)[C@H](Cc1ccccc1)NC(=O)O[C@H]1CCO[C@H]2OCC[C@H]21)S(=O)(=O)c1ccc2nc(NC3CCNCC3)sc2c1. The Bertz CT molecular complexity index is 1620. The van der Waals surface area contributed by atoms with Gasteiger partial charge in [-0.05, 0) is 68.5 Å². The van der Waals surface area contributed by atoms with Crippen molar-refractivity contribution >= 4 is 42.8 Å². The molecule has 3 aliphatic rings. The van der Waals surface area contributed by atoms with Gasteiger partial charge in [0.15, 0.2) is 11.4 Å². The number of sulfonamides is 1. The molecule has 1 aromatic heterocycles. The highest BCUT2D eigenvalue weighted by molar-refractivity contribution is 7.89. The molecule has 2 aromatic carbocycles. The Labute approximate surface area is 286 Å². The molecule has 14 heteroatoms. The fourth-order valence-corrected chi connectivity index (χ4v) is 9.38. The number of ether oxygens (including phenoxy) is 3. The van der Waals surface area contributed by atoms with Crippen molar-refractivity contribution < 1.29 is 32.5 Å². The molecule has 0 radical (unpaired) electrons. The average Bonchev–Trinajstić information content (AvgIpc) is 3.72. The lowest BCUT2D eigenvalue weighted by Crippen LogP contribution is -2.52. The molecule has 262 valence electrons. The molecule has 6 rings (SSSR count). The molecule has 0 bridgehead atoms. The Morgan fingerprint density at radius 3 is 2.58 bits per heavy atom. The number of piperidine rings is 1. The highest BCUT2D eigenvalue weighted by Crippen LogP contribution is 2.33. The number of anilines is 1. The molecule has 48 heavy (non-hydrogen) atoms. The predicted octanol–water partition coefficient (Wildman–Crippen LogP) is 3.96. The number of fused-ring (bicyclic) bond motifs is 2. The number of carbonyl (C=O) groups is 1. The first-order valence-corrected chi connectivity index (χ1v) is 19.2. The minimum atomic E-state index is -4.02. The lowest BCUT2D eigenvalue weighted by Gasteiger charge is -2.33. The Kier molecular flexibility index (Phi) is 11.5. The number of hydrogen-bond donors (Lipinski definition) is 4. The number of nitrogens with zero attached hydrogens (tertiary/aromatic N) is 2. The smallest absolute Gasteiger partial charge is 0.407 e. The summed E-state index contributed by atoms with van der Waals surface area (Å²) >= 11 is 1.44. The zero-order valence-electron chi connectivity index (χ0n) is 27.5. The van der Waals surface area contributed by atoms with E-state index in [0.29, 0.717) is 25.7 Å². The highest BCUT2D eigenvalue weighted by Gasteiger charge is 2.41. The van der Waals surface area contributed by atoms with E-state index in [1.165, 1.54) is 15.6 Å². The summed E-state index contributed by atoms with van der Waals surface area (Å²) in [6.45, 7) is 6.75. The number of hydrogen-bond acceptors (Lipinski definition) is 11. The summed E-state index contributed by atoms with van der Waals surface area (Å²) in [5.41, 5.74) is 1.62. The molecule has 12 nitrogen and oxygen atoms in total. The Balaban J connectivity index is 1.19. The number of aromatic nitrogens is 1. The molecular weight excluding hydrogens is 655 g/mol. The molecule has 3 saturated heterocycles. The van der Waals surface area contributed by atoms with Crippen LogP contribution in [0.15, 0.2) is 53.4 Å². The maximum Gasteiger partial charge on any atom is 0.407 e. The number of alkyl carbamates (subject to hydrolysis) is 1. The van der Waals surface area contributed by atoms with E-state index in [9.17, 15) is 18.3 Å². The molecular formula is C34H47N5O7S2. The number of rotatable bonds is 13. The van der Waals surface area contributed by atoms with Gasteiger partial charge in [-0.1, -0.05) is 55.5 Å². The molecule has 0 aliphatic carbocycles. The second-order valence-corrected chi connectivity index (χ2v) is 16.3. The third-order valence-corrected chi connectivity index (χ3v) is 12.0. The number of aliphatic hydroxyl groups is 1. The van der Waals surface area contributed by atoms with Gasteiger partial charge in [-0.2, -0.15) is 4.31 Å². The van der Waals surface area contributed by atoms with E-state index >= 15 is 0 Å². The van der Waals surface area contributed by atoms with Crippen molar-refractivity contribution in [2.45, 2.75) is 81.4 Å². The first kappa shape index (κ1) is 35.0. The largest absolute Gasteiger partial charge is 0.446 e. The second kappa shape index (κ2) is 15.8. The number of aliphatic hydroxyl groups excluding tert-OH is 1. The van der Waals surface area contributed by atoms with Crippen LogP contribution >= 0.6 is 11.3 Å². The molecule has 5 atom stereocenters. The second-order valence-electron chi connectivity index (χ2n) is 13.3. The van der Waals surface area contributed by atoms with Crippen LogP contribution in [0.5, 0.6) is 0 Å². The molecule has 1 amide bonds. The maximum atomic E-state index is 14.2. The van der Waals surface area contributed by atoms with Gasteiger partial charge in [0.05, 0.1) is 40.5 Å². The lowest BCUT2D eigenvalue weighted by atomic mass is 9.95. The summed E-state index contributed by atoms with van der Waals surface area (Å²) in [6.07, 6.45) is 0.973. The van der Waals surface area contributed by atoms with Crippen molar-refractivity contribution in [1.29, 1.82) is 0 Å². The van der Waals surface area contributed by atoms with Crippen LogP contribution in [0.25, 0.3) is 10.2 Å². The van der Waals surface area contributed by atoms with E-state index in [1.54, 1.807) is 18.2 Å². The van der Waals surface area contributed by atoms with E-state index in [0.717, 1.165) is 53.3 Å². The van der Waals surface area contributed by atoms with Crippen molar-refractivity contribution in [3.63, 3.8) is 0 Å². The van der Waals surface area contributed by atoms with Crippen LogP contribution in [0.2, 0.25) is 0 Å². The lowest BCUT2D eigenvalue weighted by molar-refractivity contribution is -0.179. The predicted molar refractivity (Wildman–Crippen MR) is 184 cm³/mol. The van der Waals surface area contributed by atoms with E-state index in [4.69, 9.17) is 19.2 Å². The molecule has 4 heterocycles. The standard InChI is InChI=1S/C34H47N5O7S2/c1-22(2)20-39(48(42,43)25-8-9-27-31(19-25)47-33(37-27)36-24-10-14-35-15-11-24)21-29(40)28(18-23-6-4-3-5-7-23)38-34(41)46-30-13-17-45-32-26(30)12-16-44-32/h3-9,19,22,24,26,28-30,32,35,40H,10-18,20-21H2,1-2H3,(H,36,37)(H,38,41)/t26-,28-,29+,30-,32+/m0/s1. The minimum Gasteiger partial charge on any atom is -0.446 e. The van der Waals surface area contributed by atoms with Crippen molar-refractivity contribution in [2.24, 2.45) is 11.8 Å². The van der Waals surface area contributed by atoms with Gasteiger partial charge < -0.3 is 35.3 Å². The average molecular weight is 702 g/mol. The van der Waals surface area contributed by atoms with Crippen molar-refractivity contribution in [3.8, 4) is 0 Å². The van der Waals surface area contributed by atoms with Gasteiger partial charge in [0.1, 0.15) is 6.10 Å². The summed E-state index contributed by atoms with van der Waals surface area (Å²) in [5.74, 6) is -0.0542. The van der Waals surface area contributed by atoms with Gasteiger partial charge in [0.2, 0.25) is 10.0 Å². The van der Waals surface area contributed by atoms with Crippen LogP contribution in [0, 0.1) is 11.8 Å². The first-order valence-electron chi connectivity index (χ1n) is 17.0. The molecule has 0 spiro atoms. The van der Waals surface area contributed by atoms with Gasteiger partial charge in [-0.3, -0.25) is 0 Å². The van der Waals surface area contributed by atoms with Crippen LogP contribution in [-0.2, 0) is 30.7 Å². The fourth-order valence-electron chi connectivity index (χ4n) is 6.68. The van der Waals surface area contributed by atoms with E-state index in [-0.39, 0.29) is 48.6 Å². The van der Waals surface area contributed by atoms with Crippen LogP contribution in [0.3, 0.4) is 0 Å². The molecule has 0 unspecified atom stereocenters. The summed E-state index contributed by atoms with van der Waals surface area (Å²) in [7, 11) is -4.02. The zero-order chi connectivity index (χ0) is 33.7. The van der Waals surface area contributed by atoms with E-state index in [1.807, 2.05) is 44.2 Å². The molecule has 3 fully saturated rings. The van der Waals surface area contributed by atoms with Crippen molar-refractivity contribution in [1.82, 2.24) is 19.9 Å². The van der Waals surface area contributed by atoms with Crippen molar-refractivity contribution in [2.75, 3.05) is 44.7 Å². The normalized spacial score (nSPS) is 23.2. The van der Waals surface area contributed by atoms with Crippen LogP contribution in [0.4, 0.5) is 9.93 Å². The summed E-state index contributed by atoms with van der Waals surface area (Å²) in [5, 5.41) is 22.2. The van der Waals surface area contributed by atoms with Crippen molar-refractivity contribution in [3.05, 3.63) is 54.1 Å². The number of thiazole rings is 1. The fraction of sp³-hybridized carbons (Fsp3) is 0.588. The number of amides is 1. The van der Waals surface area contributed by atoms with Gasteiger partial charge in [0.25, 0.3) is 0 Å². The number of benzene rings is 2. The maximum absolute atomic E-state index is 14.2. The van der Waals surface area contributed by atoms with E-state index in [2.05, 4.69) is 16.0 Å². The zero-order valence-corrected chi connectivity index (χ0v) is 29.2. The van der Waals surface area contributed by atoms with Gasteiger partial charge >= 0.3 is 6.09 Å². The van der Waals surface area contributed by atoms with E-state index < -0.39 is 28.3 Å². The van der Waals surface area contributed by atoms with Crippen LogP contribution in [0.1, 0.15) is 45.1 Å². The summed E-state index contributed by atoms with van der Waals surface area (Å²) in [4.78, 5) is 18.1. The molecule has 4 N–H and O–H groups in total. The van der Waals surface area contributed by atoms with Gasteiger partial charge in [0, 0.05) is 31.5 Å². The molecule has 3 aromatic rings. The Morgan fingerprint density at radius 2 is 1.83 bits per heavy atom. The van der Waals surface area contributed by atoms with Crippen LogP contribution < -0.4 is 16.0 Å². The summed E-state index contributed by atoms with van der Waals surface area (Å²) < 4.78 is 47.6. The topological polar surface area (TPSA) is 151 Å². The third kappa shape index (κ3) is 8.65. The number of carbonyl (C=O) groups excluding carboxylic acids is 1. The Hall–Kier alpha value is -2.85. The third-order valence-electron chi connectivity index (χ3n) is 9.19. The first-order chi connectivity index (χ1) is 23.2. The quantitative estimate of drug-likeness (QED) is 0.206.